The van der Waals surface area contributed by atoms with Crippen LogP contribution in [-0.4, -0.2) is 21.5 Å². The number of ether oxygens (including phenoxy) is 1. The third-order valence-electron chi connectivity index (χ3n) is 2.57. The van der Waals surface area contributed by atoms with Crippen LogP contribution >= 0.6 is 15.9 Å². The first-order valence-corrected chi connectivity index (χ1v) is 7.86. The van der Waals surface area contributed by atoms with Crippen molar-refractivity contribution in [2.45, 2.75) is 64.3 Å². The molecule has 1 aromatic heterocycles. The van der Waals surface area contributed by atoms with E-state index in [0.29, 0.717) is 11.0 Å². The fourth-order valence-electron chi connectivity index (χ4n) is 1.72. The van der Waals surface area contributed by atoms with Gasteiger partial charge in [0, 0.05) is 11.8 Å². The van der Waals surface area contributed by atoms with Gasteiger partial charge in [-0.2, -0.15) is 0 Å². The standard InChI is InChI=1S/C14H23BrN2O2/c1-5-6-7-8-11-16-10(9-15)12(17-11)13(18)19-14(2,3)4/h5-9H2,1-4H3,(H,16,17). The molecule has 1 aromatic rings. The Morgan fingerprint density at radius 2 is 2.05 bits per heavy atom. The Hall–Kier alpha value is -0.840. The van der Waals surface area contributed by atoms with Gasteiger partial charge in [0.15, 0.2) is 0 Å². The molecule has 0 saturated carbocycles. The number of H-pyrrole nitrogens is 1. The van der Waals surface area contributed by atoms with E-state index >= 15 is 0 Å². The fraction of sp³-hybridized carbons (Fsp3) is 0.714. The van der Waals surface area contributed by atoms with Crippen LogP contribution in [0.2, 0.25) is 0 Å². The summed E-state index contributed by atoms with van der Waals surface area (Å²) in [4.78, 5) is 19.6. The molecule has 0 bridgehead atoms. The van der Waals surface area contributed by atoms with Crippen molar-refractivity contribution in [3.05, 3.63) is 17.2 Å². The molecule has 0 unspecified atom stereocenters. The van der Waals surface area contributed by atoms with Crippen molar-refractivity contribution in [3.8, 4) is 0 Å². The Morgan fingerprint density at radius 3 is 2.58 bits per heavy atom. The second kappa shape index (κ2) is 7.08. The number of hydrogen-bond donors (Lipinski definition) is 1. The Labute approximate surface area is 123 Å². The Bertz CT molecular complexity index is 422. The van der Waals surface area contributed by atoms with Gasteiger partial charge in [0.1, 0.15) is 17.1 Å². The summed E-state index contributed by atoms with van der Waals surface area (Å²) in [6, 6.07) is 0. The predicted molar refractivity (Wildman–Crippen MR) is 79.6 cm³/mol. The molecule has 0 aromatic carbocycles. The number of carbonyl (C=O) groups is 1. The van der Waals surface area contributed by atoms with E-state index in [2.05, 4.69) is 32.8 Å². The molecule has 0 spiro atoms. The van der Waals surface area contributed by atoms with Crippen LogP contribution in [0.25, 0.3) is 0 Å². The lowest BCUT2D eigenvalue weighted by Crippen LogP contribution is -2.24. The number of aromatic amines is 1. The molecule has 0 aliphatic heterocycles. The van der Waals surface area contributed by atoms with E-state index in [1.165, 1.54) is 12.8 Å². The minimum atomic E-state index is -0.492. The summed E-state index contributed by atoms with van der Waals surface area (Å²) in [6.45, 7) is 7.74. The topological polar surface area (TPSA) is 55.0 Å². The van der Waals surface area contributed by atoms with Crippen LogP contribution in [0.3, 0.4) is 0 Å². The quantitative estimate of drug-likeness (QED) is 0.487. The highest BCUT2D eigenvalue weighted by Crippen LogP contribution is 2.17. The SMILES string of the molecule is CCCCCc1nc(CBr)c(C(=O)OC(C)(C)C)[nH]1. The number of halogens is 1. The van der Waals surface area contributed by atoms with Crippen LogP contribution in [0.1, 0.15) is 69.0 Å². The molecule has 4 nitrogen and oxygen atoms in total. The van der Waals surface area contributed by atoms with Gasteiger partial charge in [-0.1, -0.05) is 35.7 Å². The number of hydrogen-bond acceptors (Lipinski definition) is 3. The predicted octanol–water partition coefficient (Wildman–Crippen LogP) is 3.99. The van der Waals surface area contributed by atoms with Crippen LogP contribution in [0.4, 0.5) is 0 Å². The van der Waals surface area contributed by atoms with Gasteiger partial charge in [-0.3, -0.25) is 0 Å². The summed E-state index contributed by atoms with van der Waals surface area (Å²) in [7, 11) is 0. The monoisotopic (exact) mass is 330 g/mol. The van der Waals surface area contributed by atoms with Crippen molar-refractivity contribution >= 4 is 21.9 Å². The van der Waals surface area contributed by atoms with Crippen LogP contribution in [0.5, 0.6) is 0 Å². The van der Waals surface area contributed by atoms with Gasteiger partial charge in [-0.05, 0) is 27.2 Å². The summed E-state index contributed by atoms with van der Waals surface area (Å²) in [5.74, 6) is 0.528. The van der Waals surface area contributed by atoms with Gasteiger partial charge in [0.25, 0.3) is 0 Å². The zero-order valence-electron chi connectivity index (χ0n) is 12.2. The first kappa shape index (κ1) is 16.2. The normalized spacial score (nSPS) is 11.6. The molecule has 0 fully saturated rings. The number of rotatable bonds is 6. The number of aryl methyl sites for hydroxylation is 1. The average molecular weight is 331 g/mol. The largest absolute Gasteiger partial charge is 0.455 e. The van der Waals surface area contributed by atoms with Crippen molar-refractivity contribution in [2.24, 2.45) is 0 Å². The average Bonchev–Trinajstić information content (AvgIpc) is 2.70. The summed E-state index contributed by atoms with van der Waals surface area (Å²) < 4.78 is 5.37. The minimum absolute atomic E-state index is 0.337. The lowest BCUT2D eigenvalue weighted by Gasteiger charge is -2.19. The number of alkyl halides is 1. The highest BCUT2D eigenvalue weighted by atomic mass is 79.9. The van der Waals surface area contributed by atoms with Crippen molar-refractivity contribution in [3.63, 3.8) is 0 Å². The summed E-state index contributed by atoms with van der Waals surface area (Å²) in [5, 5.41) is 0.547. The number of esters is 1. The second-order valence-electron chi connectivity index (χ2n) is 5.60. The van der Waals surface area contributed by atoms with Crippen molar-refractivity contribution in [1.29, 1.82) is 0 Å². The molecular formula is C14H23BrN2O2. The summed E-state index contributed by atoms with van der Waals surface area (Å²) >= 11 is 3.36. The number of nitrogens with one attached hydrogen (secondary N) is 1. The molecule has 0 atom stereocenters. The minimum Gasteiger partial charge on any atom is -0.455 e. The van der Waals surface area contributed by atoms with E-state index in [1.807, 2.05) is 20.8 Å². The Kier molecular flexibility index (Phi) is 6.04. The van der Waals surface area contributed by atoms with Crippen LogP contribution in [0, 0.1) is 0 Å². The molecular weight excluding hydrogens is 308 g/mol. The molecule has 0 saturated heterocycles. The van der Waals surface area contributed by atoms with Crippen molar-refractivity contribution in [2.75, 3.05) is 0 Å². The lowest BCUT2D eigenvalue weighted by atomic mass is 10.2. The molecule has 0 aliphatic carbocycles. The number of imidazole rings is 1. The maximum absolute atomic E-state index is 12.1. The zero-order valence-corrected chi connectivity index (χ0v) is 13.8. The fourth-order valence-corrected chi connectivity index (χ4v) is 2.12. The molecule has 0 amide bonds. The van der Waals surface area contributed by atoms with Gasteiger partial charge < -0.3 is 9.72 Å². The van der Waals surface area contributed by atoms with Crippen LogP contribution in [0.15, 0.2) is 0 Å². The van der Waals surface area contributed by atoms with Crippen molar-refractivity contribution < 1.29 is 9.53 Å². The molecule has 0 aliphatic rings. The molecule has 1 rings (SSSR count). The van der Waals surface area contributed by atoms with Crippen LogP contribution < -0.4 is 0 Å². The third kappa shape index (κ3) is 5.35. The van der Waals surface area contributed by atoms with Crippen molar-refractivity contribution in [1.82, 2.24) is 9.97 Å². The van der Waals surface area contributed by atoms with E-state index < -0.39 is 5.60 Å². The Morgan fingerprint density at radius 1 is 1.37 bits per heavy atom. The van der Waals surface area contributed by atoms with E-state index in [-0.39, 0.29) is 5.97 Å². The van der Waals surface area contributed by atoms with Gasteiger partial charge in [0.2, 0.25) is 0 Å². The number of carbonyl (C=O) groups excluding carboxylic acids is 1. The highest BCUT2D eigenvalue weighted by Gasteiger charge is 2.23. The summed E-state index contributed by atoms with van der Waals surface area (Å²) in [6.07, 6.45) is 4.30. The lowest BCUT2D eigenvalue weighted by molar-refractivity contribution is 0.00624. The Balaban J connectivity index is 2.79. The number of unbranched alkanes of at least 4 members (excludes halogenated alkanes) is 2. The first-order chi connectivity index (χ1) is 8.87. The third-order valence-corrected chi connectivity index (χ3v) is 3.11. The maximum Gasteiger partial charge on any atom is 0.357 e. The van der Waals surface area contributed by atoms with E-state index in [4.69, 9.17) is 4.74 Å². The summed E-state index contributed by atoms with van der Waals surface area (Å²) in [5.41, 5.74) is 0.702. The van der Waals surface area contributed by atoms with Gasteiger partial charge in [0.05, 0.1) is 5.69 Å². The molecule has 19 heavy (non-hydrogen) atoms. The van der Waals surface area contributed by atoms with Gasteiger partial charge in [-0.15, -0.1) is 0 Å². The molecule has 0 radical (unpaired) electrons. The smallest absolute Gasteiger partial charge is 0.357 e. The second-order valence-corrected chi connectivity index (χ2v) is 6.16. The van der Waals surface area contributed by atoms with E-state index in [1.54, 1.807) is 0 Å². The maximum atomic E-state index is 12.1. The molecule has 5 heteroatoms. The molecule has 108 valence electrons. The van der Waals surface area contributed by atoms with Crippen LogP contribution in [-0.2, 0) is 16.5 Å². The molecule has 1 N–H and O–H groups in total. The number of aromatic nitrogens is 2. The first-order valence-electron chi connectivity index (χ1n) is 6.74. The van der Waals surface area contributed by atoms with E-state index in [0.717, 1.165) is 24.4 Å². The van der Waals surface area contributed by atoms with Gasteiger partial charge in [-0.25, -0.2) is 9.78 Å². The number of nitrogens with zero attached hydrogens (tertiary/aromatic N) is 1. The zero-order chi connectivity index (χ0) is 14.5. The highest BCUT2D eigenvalue weighted by molar-refractivity contribution is 9.08. The molecule has 1 heterocycles. The van der Waals surface area contributed by atoms with Gasteiger partial charge >= 0.3 is 5.97 Å². The van der Waals surface area contributed by atoms with E-state index in [9.17, 15) is 4.79 Å².